The third-order valence-corrected chi connectivity index (χ3v) is 6.89. The summed E-state index contributed by atoms with van der Waals surface area (Å²) in [6.45, 7) is 0.959. The molecular weight excluding hydrogens is 425 g/mol. The summed E-state index contributed by atoms with van der Waals surface area (Å²) in [5, 5.41) is 21.1. The first-order chi connectivity index (χ1) is 16.6. The van der Waals surface area contributed by atoms with Crippen molar-refractivity contribution in [3.05, 3.63) is 71.8 Å². The monoisotopic (exact) mass is 451 g/mol. The van der Waals surface area contributed by atoms with Crippen LogP contribution in [0.3, 0.4) is 0 Å². The molecule has 1 fully saturated rings. The largest absolute Gasteiger partial charge is 0.388 e. The zero-order valence-corrected chi connectivity index (χ0v) is 19.1. The van der Waals surface area contributed by atoms with Gasteiger partial charge >= 0.3 is 0 Å². The maximum absolute atomic E-state index is 14.7. The van der Waals surface area contributed by atoms with E-state index in [4.69, 9.17) is 10.4 Å². The van der Waals surface area contributed by atoms with Crippen LogP contribution in [0.4, 0.5) is 10.1 Å². The number of aromatic nitrogens is 2. The minimum atomic E-state index is -0.543. The molecule has 0 atom stereocenters. The number of rotatable bonds is 6. The van der Waals surface area contributed by atoms with Crippen molar-refractivity contribution in [3.8, 4) is 28.5 Å². The molecule has 0 aliphatic heterocycles. The van der Waals surface area contributed by atoms with Crippen LogP contribution in [0, 0.1) is 28.5 Å². The van der Waals surface area contributed by atoms with E-state index in [1.54, 1.807) is 6.07 Å². The maximum atomic E-state index is 14.7. The predicted octanol–water partition coefficient (Wildman–Crippen LogP) is 6.61. The van der Waals surface area contributed by atoms with Gasteiger partial charge in [0, 0.05) is 53.8 Å². The zero-order valence-electron chi connectivity index (χ0n) is 19.1. The van der Waals surface area contributed by atoms with Crippen molar-refractivity contribution < 1.29 is 4.39 Å². The molecule has 6 heteroatoms. The second kappa shape index (κ2) is 9.11. The lowest BCUT2D eigenvalue weighted by molar-refractivity contribution is 0.466. The quantitative estimate of drug-likeness (QED) is 0.324. The Bertz CT molecular complexity index is 1420. The molecule has 2 aromatic heterocycles. The molecule has 4 aromatic rings. The van der Waals surface area contributed by atoms with E-state index in [1.165, 1.54) is 44.0 Å². The second-order valence-corrected chi connectivity index (χ2v) is 8.90. The van der Waals surface area contributed by atoms with E-state index in [-0.39, 0.29) is 5.56 Å². The van der Waals surface area contributed by atoms with Crippen LogP contribution in [0.15, 0.2) is 54.9 Å². The van der Waals surface area contributed by atoms with Gasteiger partial charge in [0.1, 0.15) is 11.9 Å². The molecule has 5 rings (SSSR count). The number of nitriles is 1. The number of anilines is 1. The zero-order chi connectivity index (χ0) is 23.7. The first-order valence-corrected chi connectivity index (χ1v) is 11.6. The number of nitrogens with one attached hydrogen (secondary N) is 2. The summed E-state index contributed by atoms with van der Waals surface area (Å²) < 4.78 is 16.9. The third kappa shape index (κ3) is 3.84. The summed E-state index contributed by atoms with van der Waals surface area (Å²) in [6.07, 6.45) is 10.4. The lowest BCUT2D eigenvalue weighted by Gasteiger charge is -2.15. The number of halogens is 1. The van der Waals surface area contributed by atoms with Crippen molar-refractivity contribution in [1.29, 1.82) is 10.7 Å². The molecular formula is C28H26FN5. The van der Waals surface area contributed by atoms with E-state index >= 15 is 0 Å². The summed E-state index contributed by atoms with van der Waals surface area (Å²) in [5.41, 5.74) is 5.73. The van der Waals surface area contributed by atoms with E-state index in [9.17, 15) is 9.65 Å². The fraction of sp³-hybridized carbons (Fsp3) is 0.250. The SMILES string of the molecule is CNc1ccc(-c2ncc3c(ccn3CC3CCCC3)c2-c2ccc(C#N)c(F)c2)cc1C=N. The first-order valence-electron chi connectivity index (χ1n) is 11.6. The third-order valence-electron chi connectivity index (χ3n) is 6.89. The van der Waals surface area contributed by atoms with Gasteiger partial charge in [-0.2, -0.15) is 5.26 Å². The molecule has 0 radical (unpaired) electrons. The summed E-state index contributed by atoms with van der Waals surface area (Å²) in [4.78, 5) is 4.86. The summed E-state index contributed by atoms with van der Waals surface area (Å²) in [7, 11) is 1.82. The molecule has 0 saturated heterocycles. The van der Waals surface area contributed by atoms with Gasteiger partial charge in [0.2, 0.25) is 0 Å². The Morgan fingerprint density at radius 2 is 1.97 bits per heavy atom. The van der Waals surface area contributed by atoms with Crippen LogP contribution < -0.4 is 5.32 Å². The van der Waals surface area contributed by atoms with Crippen LogP contribution in [-0.4, -0.2) is 22.8 Å². The lowest BCUT2D eigenvalue weighted by atomic mass is 9.94. The molecule has 1 aliphatic rings. The second-order valence-electron chi connectivity index (χ2n) is 8.90. The molecule has 0 bridgehead atoms. The van der Waals surface area contributed by atoms with Gasteiger partial charge in [-0.25, -0.2) is 4.39 Å². The number of hydrogen-bond acceptors (Lipinski definition) is 4. The Hall–Kier alpha value is -3.98. The Morgan fingerprint density at radius 3 is 2.68 bits per heavy atom. The molecule has 0 spiro atoms. The van der Waals surface area contributed by atoms with E-state index in [1.807, 2.05) is 37.5 Å². The van der Waals surface area contributed by atoms with Gasteiger partial charge in [0.05, 0.1) is 23.0 Å². The van der Waals surface area contributed by atoms with Crippen molar-refractivity contribution in [1.82, 2.24) is 9.55 Å². The van der Waals surface area contributed by atoms with Gasteiger partial charge in [-0.3, -0.25) is 4.98 Å². The topological polar surface area (TPSA) is 77.5 Å². The van der Waals surface area contributed by atoms with Crippen molar-refractivity contribution >= 4 is 22.8 Å². The van der Waals surface area contributed by atoms with Gasteiger partial charge in [0.25, 0.3) is 0 Å². The normalized spacial score (nSPS) is 13.8. The number of hydrogen-bond donors (Lipinski definition) is 2. The van der Waals surface area contributed by atoms with Crippen molar-refractivity contribution in [3.63, 3.8) is 0 Å². The highest BCUT2D eigenvalue weighted by Gasteiger charge is 2.20. The van der Waals surface area contributed by atoms with Crippen LogP contribution in [0.2, 0.25) is 0 Å². The Kier molecular flexibility index (Phi) is 5.85. The van der Waals surface area contributed by atoms with E-state index in [0.29, 0.717) is 11.5 Å². The van der Waals surface area contributed by atoms with Crippen molar-refractivity contribution in [2.75, 3.05) is 12.4 Å². The molecule has 2 heterocycles. The van der Waals surface area contributed by atoms with Gasteiger partial charge in [-0.05, 0) is 54.7 Å². The van der Waals surface area contributed by atoms with Gasteiger partial charge in [-0.1, -0.05) is 25.0 Å². The average Bonchev–Trinajstić information content (AvgIpc) is 3.53. The van der Waals surface area contributed by atoms with E-state index < -0.39 is 5.82 Å². The fourth-order valence-corrected chi connectivity index (χ4v) is 5.12. The van der Waals surface area contributed by atoms with Crippen molar-refractivity contribution in [2.45, 2.75) is 32.2 Å². The highest BCUT2D eigenvalue weighted by Crippen LogP contribution is 2.39. The van der Waals surface area contributed by atoms with Crippen LogP contribution in [0.25, 0.3) is 33.3 Å². The molecule has 34 heavy (non-hydrogen) atoms. The molecule has 2 aromatic carbocycles. The van der Waals surface area contributed by atoms with Crippen LogP contribution >= 0.6 is 0 Å². The Morgan fingerprint density at radius 1 is 1.18 bits per heavy atom. The molecule has 0 amide bonds. The first kappa shape index (κ1) is 21.8. The molecule has 2 N–H and O–H groups in total. The molecule has 1 aliphatic carbocycles. The number of benzene rings is 2. The van der Waals surface area contributed by atoms with Crippen LogP contribution in [0.5, 0.6) is 0 Å². The molecule has 1 saturated carbocycles. The highest BCUT2D eigenvalue weighted by atomic mass is 19.1. The molecule has 5 nitrogen and oxygen atoms in total. The van der Waals surface area contributed by atoms with Gasteiger partial charge in [0.15, 0.2) is 0 Å². The Labute approximate surface area is 198 Å². The number of pyridine rings is 1. The standard InChI is InChI=1S/C28H26FN5/c1-32-25-9-8-20(12-22(25)15-31)28-27(19-6-7-21(14-30)24(29)13-19)23-10-11-34(26(23)16-33-28)17-18-4-2-3-5-18/h6-13,15-16,18,31-32H,2-5,17H2,1H3. The van der Waals surface area contributed by atoms with Gasteiger partial charge < -0.3 is 15.3 Å². The molecule has 0 unspecified atom stereocenters. The fourth-order valence-electron chi connectivity index (χ4n) is 5.12. The van der Waals surface area contributed by atoms with Crippen LogP contribution in [0.1, 0.15) is 36.8 Å². The summed E-state index contributed by atoms with van der Waals surface area (Å²) in [6, 6.07) is 14.5. The lowest BCUT2D eigenvalue weighted by Crippen LogP contribution is -2.06. The van der Waals surface area contributed by atoms with E-state index in [2.05, 4.69) is 22.1 Å². The predicted molar refractivity (Wildman–Crippen MR) is 135 cm³/mol. The number of nitrogens with zero attached hydrogens (tertiary/aromatic N) is 3. The summed E-state index contributed by atoms with van der Waals surface area (Å²) in [5.74, 6) is 0.134. The highest BCUT2D eigenvalue weighted by molar-refractivity contribution is 6.02. The maximum Gasteiger partial charge on any atom is 0.141 e. The average molecular weight is 452 g/mol. The molecule has 170 valence electrons. The van der Waals surface area contributed by atoms with Gasteiger partial charge in [-0.15, -0.1) is 0 Å². The van der Waals surface area contributed by atoms with E-state index in [0.717, 1.165) is 45.5 Å². The smallest absolute Gasteiger partial charge is 0.141 e. The number of fused-ring (bicyclic) bond motifs is 1. The minimum absolute atomic E-state index is 0.0219. The summed E-state index contributed by atoms with van der Waals surface area (Å²) >= 11 is 0. The Balaban J connectivity index is 1.72. The van der Waals surface area contributed by atoms with Crippen LogP contribution in [-0.2, 0) is 6.54 Å². The minimum Gasteiger partial charge on any atom is -0.388 e. The van der Waals surface area contributed by atoms with Crippen molar-refractivity contribution in [2.24, 2.45) is 5.92 Å².